The van der Waals surface area contributed by atoms with Gasteiger partial charge in [-0.05, 0) is 46.1 Å². The van der Waals surface area contributed by atoms with E-state index < -0.39 is 0 Å². The van der Waals surface area contributed by atoms with Gasteiger partial charge in [0.2, 0.25) is 0 Å². The molecule has 1 aromatic heterocycles. The average Bonchev–Trinajstić information content (AvgIpc) is 2.87. The van der Waals surface area contributed by atoms with Crippen molar-refractivity contribution in [3.8, 4) is 6.07 Å². The number of anilines is 1. The van der Waals surface area contributed by atoms with Crippen molar-refractivity contribution in [2.45, 2.75) is 64.6 Å². The number of aryl methyl sites for hydroxylation is 1. The predicted octanol–water partition coefficient (Wildman–Crippen LogP) is 2.89. The fourth-order valence-corrected chi connectivity index (χ4v) is 3.89. The number of nitrogens with zero attached hydrogens (tertiary/aromatic N) is 4. The lowest BCUT2D eigenvalue weighted by Crippen LogP contribution is -2.59. The third-order valence-corrected chi connectivity index (χ3v) is 4.91. The highest BCUT2D eigenvalue weighted by Crippen LogP contribution is 2.42. The van der Waals surface area contributed by atoms with Crippen molar-refractivity contribution >= 4 is 5.82 Å². The maximum absolute atomic E-state index is 9.57. The zero-order valence-electron chi connectivity index (χ0n) is 13.9. The molecule has 2 fully saturated rings. The first kappa shape index (κ1) is 15.2. The Morgan fingerprint density at radius 1 is 1.14 bits per heavy atom. The van der Waals surface area contributed by atoms with E-state index in [1.165, 1.54) is 12.8 Å². The average molecular weight is 300 g/mol. The van der Waals surface area contributed by atoms with Gasteiger partial charge in [-0.3, -0.25) is 0 Å². The molecule has 0 unspecified atom stereocenters. The van der Waals surface area contributed by atoms with E-state index in [0.717, 1.165) is 37.2 Å². The zero-order valence-corrected chi connectivity index (χ0v) is 13.9. The monoisotopic (exact) mass is 300 g/mol. The van der Waals surface area contributed by atoms with Gasteiger partial charge >= 0.3 is 0 Å². The van der Waals surface area contributed by atoms with Crippen LogP contribution < -0.4 is 4.90 Å². The molecule has 118 valence electrons. The highest BCUT2D eigenvalue weighted by molar-refractivity contribution is 5.58. The van der Waals surface area contributed by atoms with Crippen LogP contribution in [-0.2, 0) is 4.74 Å². The smallest absolute Gasteiger partial charge is 0.169 e. The quantitative estimate of drug-likeness (QED) is 0.798. The van der Waals surface area contributed by atoms with Crippen molar-refractivity contribution in [1.29, 1.82) is 5.26 Å². The minimum absolute atomic E-state index is 0.0883. The summed E-state index contributed by atoms with van der Waals surface area (Å²) >= 11 is 0. The second-order valence-electron chi connectivity index (χ2n) is 7.33. The van der Waals surface area contributed by atoms with Gasteiger partial charge < -0.3 is 9.64 Å². The van der Waals surface area contributed by atoms with Crippen LogP contribution in [-0.4, -0.2) is 34.5 Å². The van der Waals surface area contributed by atoms with E-state index in [0.29, 0.717) is 11.4 Å². The SMILES string of the molecule is Cc1nnc(N2CC(C)(C)OC3(CCCC3)C2)c(C#N)c1C. The van der Waals surface area contributed by atoms with E-state index in [1.54, 1.807) is 0 Å². The summed E-state index contributed by atoms with van der Waals surface area (Å²) in [6, 6.07) is 2.32. The number of hydrogen-bond donors (Lipinski definition) is 0. The van der Waals surface area contributed by atoms with Gasteiger partial charge in [-0.25, -0.2) is 0 Å². The summed E-state index contributed by atoms with van der Waals surface area (Å²) in [4.78, 5) is 2.22. The second kappa shape index (κ2) is 5.20. The molecule has 0 aromatic carbocycles. The Morgan fingerprint density at radius 3 is 2.45 bits per heavy atom. The normalized spacial score (nSPS) is 22.8. The summed E-state index contributed by atoms with van der Waals surface area (Å²) in [5.74, 6) is 0.716. The first-order valence-electron chi connectivity index (χ1n) is 8.05. The Labute approximate surface area is 132 Å². The van der Waals surface area contributed by atoms with Gasteiger partial charge in [-0.1, -0.05) is 12.8 Å². The van der Waals surface area contributed by atoms with Gasteiger partial charge in [-0.2, -0.15) is 10.4 Å². The third kappa shape index (κ3) is 2.56. The van der Waals surface area contributed by atoms with Crippen LogP contribution in [0.1, 0.15) is 56.4 Å². The molecular formula is C17H24N4O. The highest BCUT2D eigenvalue weighted by Gasteiger charge is 2.46. The maximum atomic E-state index is 9.57. The first-order valence-corrected chi connectivity index (χ1v) is 8.05. The number of nitriles is 1. The van der Waals surface area contributed by atoms with Crippen LogP contribution >= 0.6 is 0 Å². The van der Waals surface area contributed by atoms with Crippen LogP contribution in [0.15, 0.2) is 0 Å². The van der Waals surface area contributed by atoms with E-state index in [4.69, 9.17) is 4.74 Å². The van der Waals surface area contributed by atoms with Crippen LogP contribution in [0.25, 0.3) is 0 Å². The number of hydrogen-bond acceptors (Lipinski definition) is 5. The predicted molar refractivity (Wildman–Crippen MR) is 84.8 cm³/mol. The fourth-order valence-electron chi connectivity index (χ4n) is 3.89. The maximum Gasteiger partial charge on any atom is 0.169 e. The third-order valence-electron chi connectivity index (χ3n) is 4.91. The van der Waals surface area contributed by atoms with Crippen molar-refractivity contribution < 1.29 is 4.74 Å². The van der Waals surface area contributed by atoms with Crippen molar-refractivity contribution in [2.24, 2.45) is 0 Å². The Kier molecular flexibility index (Phi) is 3.60. The van der Waals surface area contributed by atoms with Crippen LogP contribution in [0.2, 0.25) is 0 Å². The molecule has 1 aliphatic heterocycles. The molecule has 5 heteroatoms. The van der Waals surface area contributed by atoms with Gasteiger partial charge in [0.1, 0.15) is 11.6 Å². The Balaban J connectivity index is 2.01. The topological polar surface area (TPSA) is 62.0 Å². The first-order chi connectivity index (χ1) is 10.4. The molecule has 5 nitrogen and oxygen atoms in total. The molecule has 0 amide bonds. The Bertz CT molecular complexity index is 626. The molecule has 0 radical (unpaired) electrons. The minimum atomic E-state index is -0.240. The van der Waals surface area contributed by atoms with Gasteiger partial charge in [0, 0.05) is 13.1 Å². The number of morpholine rings is 1. The van der Waals surface area contributed by atoms with Crippen LogP contribution in [0.3, 0.4) is 0 Å². The highest BCUT2D eigenvalue weighted by atomic mass is 16.5. The number of aromatic nitrogens is 2. The molecule has 1 aliphatic carbocycles. The molecule has 22 heavy (non-hydrogen) atoms. The van der Waals surface area contributed by atoms with Gasteiger partial charge in [0.25, 0.3) is 0 Å². The van der Waals surface area contributed by atoms with Crippen molar-refractivity contribution in [3.63, 3.8) is 0 Å². The largest absolute Gasteiger partial charge is 0.365 e. The molecule has 1 aromatic rings. The summed E-state index contributed by atoms with van der Waals surface area (Å²) in [5, 5.41) is 18.2. The van der Waals surface area contributed by atoms with E-state index in [9.17, 15) is 5.26 Å². The Morgan fingerprint density at radius 2 is 1.82 bits per heavy atom. The molecule has 3 rings (SSSR count). The number of rotatable bonds is 1. The molecule has 1 saturated carbocycles. The van der Waals surface area contributed by atoms with Crippen molar-refractivity contribution in [3.05, 3.63) is 16.8 Å². The lowest BCUT2D eigenvalue weighted by atomic mass is 9.93. The molecule has 2 heterocycles. The molecule has 1 saturated heterocycles. The van der Waals surface area contributed by atoms with E-state index in [2.05, 4.69) is 35.0 Å². The van der Waals surface area contributed by atoms with E-state index >= 15 is 0 Å². The zero-order chi connectivity index (χ0) is 16.0. The summed E-state index contributed by atoms with van der Waals surface area (Å²) in [5.41, 5.74) is 2.07. The van der Waals surface area contributed by atoms with E-state index in [-0.39, 0.29) is 11.2 Å². The summed E-state index contributed by atoms with van der Waals surface area (Å²) in [6.07, 6.45) is 4.61. The fraction of sp³-hybridized carbons (Fsp3) is 0.706. The van der Waals surface area contributed by atoms with E-state index in [1.807, 2.05) is 13.8 Å². The lowest BCUT2D eigenvalue weighted by Gasteiger charge is -2.49. The van der Waals surface area contributed by atoms with Gasteiger partial charge in [0.15, 0.2) is 5.82 Å². The van der Waals surface area contributed by atoms with Crippen LogP contribution in [0.5, 0.6) is 0 Å². The van der Waals surface area contributed by atoms with Crippen LogP contribution in [0.4, 0.5) is 5.82 Å². The standard InChI is InChI=1S/C17H24N4O/c1-12-13(2)19-20-15(14(12)9-18)21-10-16(3,4)22-17(11-21)7-5-6-8-17/h5-8,10-11H2,1-4H3. The summed E-state index contributed by atoms with van der Waals surface area (Å²) in [6.45, 7) is 9.64. The second-order valence-corrected chi connectivity index (χ2v) is 7.33. The molecular weight excluding hydrogens is 276 g/mol. The number of ether oxygens (including phenoxy) is 1. The molecule has 2 aliphatic rings. The lowest BCUT2D eigenvalue weighted by molar-refractivity contribution is -0.148. The molecule has 0 bridgehead atoms. The summed E-state index contributed by atoms with van der Waals surface area (Å²) < 4.78 is 6.43. The molecule has 0 N–H and O–H groups in total. The van der Waals surface area contributed by atoms with Crippen molar-refractivity contribution in [1.82, 2.24) is 10.2 Å². The van der Waals surface area contributed by atoms with Crippen LogP contribution in [0, 0.1) is 25.2 Å². The Hall–Kier alpha value is -1.67. The molecule has 0 atom stereocenters. The van der Waals surface area contributed by atoms with Crippen molar-refractivity contribution in [2.75, 3.05) is 18.0 Å². The van der Waals surface area contributed by atoms with Gasteiger partial charge in [0.05, 0.1) is 16.9 Å². The summed E-state index contributed by atoms with van der Waals surface area (Å²) in [7, 11) is 0. The minimum Gasteiger partial charge on any atom is -0.365 e. The van der Waals surface area contributed by atoms with Gasteiger partial charge in [-0.15, -0.1) is 5.10 Å². The molecule has 1 spiro atoms.